The van der Waals surface area contributed by atoms with E-state index in [4.69, 9.17) is 0 Å². The SMILES string of the molecule is CC(C)n1cccc1C(=O)NC1CNC1. The lowest BCUT2D eigenvalue weighted by Gasteiger charge is -2.28. The lowest BCUT2D eigenvalue weighted by Crippen LogP contribution is -2.57. The van der Waals surface area contributed by atoms with E-state index in [1.165, 1.54) is 0 Å². The van der Waals surface area contributed by atoms with Gasteiger partial charge in [-0.1, -0.05) is 0 Å². The number of carbonyl (C=O) groups excluding carboxylic acids is 1. The highest BCUT2D eigenvalue weighted by molar-refractivity contribution is 5.93. The summed E-state index contributed by atoms with van der Waals surface area (Å²) in [5.41, 5.74) is 0.747. The minimum Gasteiger partial charge on any atom is -0.345 e. The van der Waals surface area contributed by atoms with Crippen molar-refractivity contribution in [2.24, 2.45) is 0 Å². The van der Waals surface area contributed by atoms with Crippen LogP contribution >= 0.6 is 0 Å². The van der Waals surface area contributed by atoms with Gasteiger partial charge < -0.3 is 15.2 Å². The third kappa shape index (κ3) is 2.04. The molecule has 15 heavy (non-hydrogen) atoms. The molecule has 4 heteroatoms. The van der Waals surface area contributed by atoms with Gasteiger partial charge in [0.25, 0.3) is 5.91 Å². The highest BCUT2D eigenvalue weighted by Crippen LogP contribution is 2.11. The van der Waals surface area contributed by atoms with Gasteiger partial charge in [0.2, 0.25) is 0 Å². The second-order valence-corrected chi connectivity index (χ2v) is 4.22. The number of carbonyl (C=O) groups is 1. The van der Waals surface area contributed by atoms with Crippen molar-refractivity contribution < 1.29 is 4.79 Å². The van der Waals surface area contributed by atoms with Gasteiger partial charge in [-0.05, 0) is 26.0 Å². The maximum atomic E-state index is 11.9. The van der Waals surface area contributed by atoms with Gasteiger partial charge in [0.1, 0.15) is 5.69 Å². The molecule has 4 nitrogen and oxygen atoms in total. The van der Waals surface area contributed by atoms with Crippen LogP contribution in [0.1, 0.15) is 30.4 Å². The second kappa shape index (κ2) is 4.06. The summed E-state index contributed by atoms with van der Waals surface area (Å²) in [5.74, 6) is 0.0280. The summed E-state index contributed by atoms with van der Waals surface area (Å²) in [5, 5.41) is 6.12. The highest BCUT2D eigenvalue weighted by atomic mass is 16.2. The van der Waals surface area contributed by atoms with Crippen molar-refractivity contribution in [3.05, 3.63) is 24.0 Å². The molecule has 1 aromatic heterocycles. The Morgan fingerprint density at radius 1 is 1.60 bits per heavy atom. The number of hydrogen-bond acceptors (Lipinski definition) is 2. The van der Waals surface area contributed by atoms with E-state index in [1.807, 2.05) is 22.9 Å². The van der Waals surface area contributed by atoms with Crippen LogP contribution in [0.5, 0.6) is 0 Å². The van der Waals surface area contributed by atoms with Gasteiger partial charge in [-0.25, -0.2) is 0 Å². The average molecular weight is 207 g/mol. The van der Waals surface area contributed by atoms with Crippen LogP contribution in [0.4, 0.5) is 0 Å². The van der Waals surface area contributed by atoms with E-state index in [2.05, 4.69) is 24.5 Å². The number of aromatic nitrogens is 1. The van der Waals surface area contributed by atoms with Gasteiger partial charge in [0.05, 0.1) is 6.04 Å². The van der Waals surface area contributed by atoms with Crippen molar-refractivity contribution in [2.45, 2.75) is 25.9 Å². The predicted octanol–water partition coefficient (Wildman–Crippen LogP) is 0.771. The molecule has 1 saturated heterocycles. The quantitative estimate of drug-likeness (QED) is 0.769. The number of hydrogen-bond donors (Lipinski definition) is 2. The molecule has 0 saturated carbocycles. The summed E-state index contributed by atoms with van der Waals surface area (Å²) in [7, 11) is 0. The van der Waals surface area contributed by atoms with E-state index in [1.54, 1.807) is 0 Å². The van der Waals surface area contributed by atoms with Crippen LogP contribution < -0.4 is 10.6 Å². The van der Waals surface area contributed by atoms with Crippen molar-refractivity contribution in [3.8, 4) is 0 Å². The average Bonchev–Trinajstić information content (AvgIpc) is 2.59. The van der Waals surface area contributed by atoms with Gasteiger partial charge in [0, 0.05) is 25.3 Å². The van der Waals surface area contributed by atoms with E-state index >= 15 is 0 Å². The molecule has 0 aliphatic carbocycles. The molecule has 1 aliphatic rings. The van der Waals surface area contributed by atoms with Gasteiger partial charge in [-0.15, -0.1) is 0 Å². The Morgan fingerprint density at radius 3 is 2.87 bits per heavy atom. The van der Waals surface area contributed by atoms with Crippen molar-refractivity contribution >= 4 is 5.91 Å². The Bertz CT molecular complexity index is 352. The maximum Gasteiger partial charge on any atom is 0.268 e. The molecule has 0 bridgehead atoms. The summed E-state index contributed by atoms with van der Waals surface area (Å²) in [6, 6.07) is 4.39. The normalized spacial score (nSPS) is 16.5. The van der Waals surface area contributed by atoms with Crippen molar-refractivity contribution in [1.29, 1.82) is 0 Å². The third-order valence-corrected chi connectivity index (χ3v) is 2.68. The van der Waals surface area contributed by atoms with Crippen molar-refractivity contribution in [2.75, 3.05) is 13.1 Å². The summed E-state index contributed by atoms with van der Waals surface area (Å²) in [4.78, 5) is 11.9. The number of rotatable bonds is 3. The fraction of sp³-hybridized carbons (Fsp3) is 0.545. The van der Waals surface area contributed by atoms with Gasteiger partial charge in [-0.2, -0.15) is 0 Å². The second-order valence-electron chi connectivity index (χ2n) is 4.22. The number of nitrogens with zero attached hydrogens (tertiary/aromatic N) is 1. The summed E-state index contributed by atoms with van der Waals surface area (Å²) < 4.78 is 1.99. The van der Waals surface area contributed by atoms with E-state index in [9.17, 15) is 4.79 Å². The van der Waals surface area contributed by atoms with Gasteiger partial charge >= 0.3 is 0 Å². The first-order valence-electron chi connectivity index (χ1n) is 5.37. The van der Waals surface area contributed by atoms with Crippen LogP contribution in [0.25, 0.3) is 0 Å². The fourth-order valence-electron chi connectivity index (χ4n) is 1.69. The first-order chi connectivity index (χ1) is 7.18. The molecular weight excluding hydrogens is 190 g/mol. The molecule has 0 spiro atoms. The minimum absolute atomic E-state index is 0.0280. The van der Waals surface area contributed by atoms with Crippen LogP contribution in [0, 0.1) is 0 Å². The van der Waals surface area contributed by atoms with Crippen LogP contribution in [-0.4, -0.2) is 29.6 Å². The monoisotopic (exact) mass is 207 g/mol. The zero-order chi connectivity index (χ0) is 10.8. The lowest BCUT2D eigenvalue weighted by atomic mass is 10.2. The Hall–Kier alpha value is -1.29. The van der Waals surface area contributed by atoms with Crippen molar-refractivity contribution in [3.63, 3.8) is 0 Å². The molecule has 1 aliphatic heterocycles. The van der Waals surface area contributed by atoms with Crippen LogP contribution in [0.15, 0.2) is 18.3 Å². The first-order valence-corrected chi connectivity index (χ1v) is 5.37. The zero-order valence-corrected chi connectivity index (χ0v) is 9.16. The molecule has 1 amide bonds. The molecule has 2 rings (SSSR count). The van der Waals surface area contributed by atoms with Gasteiger partial charge in [0.15, 0.2) is 0 Å². The molecule has 0 aromatic carbocycles. The van der Waals surface area contributed by atoms with Crippen LogP contribution in [-0.2, 0) is 0 Å². The van der Waals surface area contributed by atoms with E-state index in [0.29, 0.717) is 12.1 Å². The smallest absolute Gasteiger partial charge is 0.268 e. The van der Waals surface area contributed by atoms with E-state index in [0.717, 1.165) is 18.8 Å². The Kier molecular flexibility index (Phi) is 2.77. The van der Waals surface area contributed by atoms with Crippen LogP contribution in [0.3, 0.4) is 0 Å². The molecule has 0 radical (unpaired) electrons. The standard InChI is InChI=1S/C11H17N3O/c1-8(2)14-5-3-4-10(14)11(15)13-9-6-12-7-9/h3-5,8-9,12H,6-7H2,1-2H3,(H,13,15). The molecule has 0 unspecified atom stereocenters. The Morgan fingerprint density at radius 2 is 2.33 bits per heavy atom. The number of nitrogens with one attached hydrogen (secondary N) is 2. The molecule has 2 N–H and O–H groups in total. The topological polar surface area (TPSA) is 46.1 Å². The Labute approximate surface area is 89.7 Å². The van der Waals surface area contributed by atoms with Crippen molar-refractivity contribution in [1.82, 2.24) is 15.2 Å². The first kappa shape index (κ1) is 10.2. The highest BCUT2D eigenvalue weighted by Gasteiger charge is 2.21. The molecule has 1 aromatic rings. The molecule has 2 heterocycles. The summed E-state index contributed by atoms with van der Waals surface area (Å²) in [6.07, 6.45) is 1.94. The third-order valence-electron chi connectivity index (χ3n) is 2.68. The molecular formula is C11H17N3O. The summed E-state index contributed by atoms with van der Waals surface area (Å²) >= 11 is 0. The van der Waals surface area contributed by atoms with Gasteiger partial charge in [-0.3, -0.25) is 4.79 Å². The van der Waals surface area contributed by atoms with E-state index in [-0.39, 0.29) is 5.91 Å². The zero-order valence-electron chi connectivity index (χ0n) is 9.16. The largest absolute Gasteiger partial charge is 0.345 e. The van der Waals surface area contributed by atoms with Crippen LogP contribution in [0.2, 0.25) is 0 Å². The number of amides is 1. The Balaban J connectivity index is 2.06. The van der Waals surface area contributed by atoms with E-state index < -0.39 is 0 Å². The minimum atomic E-state index is 0.0280. The molecule has 0 atom stereocenters. The lowest BCUT2D eigenvalue weighted by molar-refractivity contribution is 0.0913. The predicted molar refractivity (Wildman–Crippen MR) is 58.9 cm³/mol. The molecule has 82 valence electrons. The maximum absolute atomic E-state index is 11.9. The fourth-order valence-corrected chi connectivity index (χ4v) is 1.69. The molecule has 1 fully saturated rings. The summed E-state index contributed by atoms with van der Waals surface area (Å²) in [6.45, 7) is 5.91.